The van der Waals surface area contributed by atoms with Crippen LogP contribution in [0.15, 0.2) is 24.3 Å². The van der Waals surface area contributed by atoms with Crippen LogP contribution in [0.5, 0.6) is 0 Å². The molecule has 21 heavy (non-hydrogen) atoms. The Morgan fingerprint density at radius 2 is 2.05 bits per heavy atom. The number of benzene rings is 1. The lowest BCUT2D eigenvalue weighted by molar-refractivity contribution is -0.132. The van der Waals surface area contributed by atoms with Gasteiger partial charge in [0.2, 0.25) is 0 Å². The summed E-state index contributed by atoms with van der Waals surface area (Å²) < 4.78 is 0. The molecule has 0 aliphatic carbocycles. The molecule has 6 heteroatoms. The van der Waals surface area contributed by atoms with E-state index >= 15 is 0 Å². The molecule has 1 fully saturated rings. The van der Waals surface area contributed by atoms with Crippen LogP contribution in [0.1, 0.15) is 38.4 Å². The number of hydrogen-bond donors (Lipinski definition) is 2. The summed E-state index contributed by atoms with van der Waals surface area (Å²) >= 11 is 6.02. The number of aliphatic hydroxyl groups excluding tert-OH is 1. The topological polar surface area (TPSA) is 69.6 Å². The number of aliphatic hydroxyl groups is 1. The van der Waals surface area contributed by atoms with Gasteiger partial charge in [-0.3, -0.25) is 9.69 Å². The summed E-state index contributed by atoms with van der Waals surface area (Å²) in [6.45, 7) is 3.55. The Bertz CT molecular complexity index is 564. The number of imide groups is 1. The molecule has 1 saturated heterocycles. The fourth-order valence-electron chi connectivity index (χ4n) is 2.60. The lowest BCUT2D eigenvalue weighted by Crippen LogP contribution is -2.44. The Labute approximate surface area is 128 Å². The van der Waals surface area contributed by atoms with Gasteiger partial charge in [-0.15, -0.1) is 0 Å². The molecule has 3 amide bonds. The van der Waals surface area contributed by atoms with Crippen molar-refractivity contribution in [3.8, 4) is 0 Å². The zero-order valence-electron chi connectivity index (χ0n) is 12.1. The van der Waals surface area contributed by atoms with Crippen molar-refractivity contribution >= 4 is 23.5 Å². The molecule has 1 aliphatic rings. The Morgan fingerprint density at radius 3 is 2.67 bits per heavy atom. The molecule has 0 saturated carbocycles. The van der Waals surface area contributed by atoms with E-state index in [-0.39, 0.29) is 12.5 Å². The molecule has 2 atom stereocenters. The van der Waals surface area contributed by atoms with Crippen LogP contribution in [-0.2, 0) is 4.79 Å². The molecule has 0 unspecified atom stereocenters. The van der Waals surface area contributed by atoms with E-state index in [2.05, 4.69) is 5.32 Å². The standard InChI is InChI=1S/C15H19ClN2O3/c1-3-8-15(2)13(20)18(14(21)17-15)9-12(19)10-6-4-5-7-11(10)16/h4-7,12,19H,3,8-9H2,1-2H3,(H,17,21)/t12-,15+/m0/s1. The Hall–Kier alpha value is -1.59. The van der Waals surface area contributed by atoms with Crippen molar-refractivity contribution in [1.29, 1.82) is 0 Å². The molecule has 0 aromatic heterocycles. The molecule has 1 aromatic rings. The first-order valence-electron chi connectivity index (χ1n) is 6.95. The van der Waals surface area contributed by atoms with Gasteiger partial charge >= 0.3 is 6.03 Å². The molecule has 114 valence electrons. The second-order valence-corrected chi connectivity index (χ2v) is 5.87. The van der Waals surface area contributed by atoms with Crippen LogP contribution < -0.4 is 5.32 Å². The van der Waals surface area contributed by atoms with E-state index in [9.17, 15) is 14.7 Å². The summed E-state index contributed by atoms with van der Waals surface area (Å²) in [5.74, 6) is -0.305. The third-order valence-corrected chi connectivity index (χ3v) is 4.06. The monoisotopic (exact) mass is 310 g/mol. The van der Waals surface area contributed by atoms with Crippen molar-refractivity contribution in [2.45, 2.75) is 38.3 Å². The van der Waals surface area contributed by atoms with Crippen LogP contribution in [-0.4, -0.2) is 34.0 Å². The highest BCUT2D eigenvalue weighted by Gasteiger charge is 2.47. The minimum atomic E-state index is -1.00. The van der Waals surface area contributed by atoms with Crippen LogP contribution in [0, 0.1) is 0 Å². The average Bonchev–Trinajstić information content (AvgIpc) is 2.63. The number of nitrogens with zero attached hydrogens (tertiary/aromatic N) is 1. The van der Waals surface area contributed by atoms with Gasteiger partial charge in [0.15, 0.2) is 0 Å². The van der Waals surface area contributed by atoms with Crippen LogP contribution in [0.4, 0.5) is 4.79 Å². The van der Waals surface area contributed by atoms with Crippen molar-refractivity contribution < 1.29 is 14.7 Å². The average molecular weight is 311 g/mol. The molecule has 0 bridgehead atoms. The number of urea groups is 1. The summed E-state index contributed by atoms with van der Waals surface area (Å²) in [5.41, 5.74) is -0.379. The molecule has 2 rings (SSSR count). The summed E-state index contributed by atoms with van der Waals surface area (Å²) in [7, 11) is 0. The molecule has 1 aliphatic heterocycles. The minimum Gasteiger partial charge on any atom is -0.386 e. The van der Waals surface area contributed by atoms with Gasteiger partial charge in [-0.1, -0.05) is 43.1 Å². The first-order chi connectivity index (χ1) is 9.89. The van der Waals surface area contributed by atoms with E-state index in [0.717, 1.165) is 11.3 Å². The van der Waals surface area contributed by atoms with E-state index in [4.69, 9.17) is 11.6 Å². The Kier molecular flexibility index (Phi) is 4.54. The van der Waals surface area contributed by atoms with Gasteiger partial charge in [0, 0.05) is 10.6 Å². The zero-order valence-corrected chi connectivity index (χ0v) is 12.9. The highest BCUT2D eigenvalue weighted by molar-refractivity contribution is 6.31. The third-order valence-electron chi connectivity index (χ3n) is 3.71. The highest BCUT2D eigenvalue weighted by atomic mass is 35.5. The van der Waals surface area contributed by atoms with Gasteiger partial charge in [0.1, 0.15) is 5.54 Å². The number of nitrogens with one attached hydrogen (secondary N) is 1. The Morgan fingerprint density at radius 1 is 1.38 bits per heavy atom. The molecule has 0 radical (unpaired) electrons. The molecule has 5 nitrogen and oxygen atoms in total. The third kappa shape index (κ3) is 3.04. The molecular formula is C15H19ClN2O3. The second-order valence-electron chi connectivity index (χ2n) is 5.47. The first kappa shape index (κ1) is 15.8. The number of carbonyl (C=O) groups excluding carboxylic acids is 2. The maximum Gasteiger partial charge on any atom is 0.325 e. The zero-order chi connectivity index (χ0) is 15.6. The molecule has 2 N–H and O–H groups in total. The number of amides is 3. The molecule has 1 heterocycles. The normalized spacial score (nSPS) is 23.3. The lowest BCUT2D eigenvalue weighted by Gasteiger charge is -2.22. The van der Waals surface area contributed by atoms with E-state index in [0.29, 0.717) is 17.0 Å². The van der Waals surface area contributed by atoms with Gasteiger partial charge in [-0.2, -0.15) is 0 Å². The number of rotatable bonds is 5. The number of β-amino-alcohol motifs (C(OH)–C–C–N with tert-alkyl or cyclic N) is 1. The van der Waals surface area contributed by atoms with Crippen molar-refractivity contribution in [2.24, 2.45) is 0 Å². The van der Waals surface area contributed by atoms with E-state index in [1.807, 2.05) is 6.92 Å². The minimum absolute atomic E-state index is 0.103. The number of halogens is 1. The summed E-state index contributed by atoms with van der Waals surface area (Å²) in [5, 5.41) is 13.3. The smallest absolute Gasteiger partial charge is 0.325 e. The fourth-order valence-corrected chi connectivity index (χ4v) is 2.86. The van der Waals surface area contributed by atoms with Crippen LogP contribution in [0.2, 0.25) is 5.02 Å². The van der Waals surface area contributed by atoms with Crippen LogP contribution in [0.25, 0.3) is 0 Å². The first-order valence-corrected chi connectivity index (χ1v) is 7.33. The van der Waals surface area contributed by atoms with Gasteiger partial charge in [0.25, 0.3) is 5.91 Å². The largest absolute Gasteiger partial charge is 0.386 e. The fraction of sp³-hybridized carbons (Fsp3) is 0.467. The van der Waals surface area contributed by atoms with Crippen LogP contribution >= 0.6 is 11.6 Å². The lowest BCUT2D eigenvalue weighted by atomic mass is 9.96. The summed E-state index contributed by atoms with van der Waals surface area (Å²) in [6, 6.07) is 6.37. The summed E-state index contributed by atoms with van der Waals surface area (Å²) in [4.78, 5) is 25.4. The van der Waals surface area contributed by atoms with Gasteiger partial charge in [-0.05, 0) is 19.4 Å². The van der Waals surface area contributed by atoms with E-state index < -0.39 is 17.7 Å². The maximum absolute atomic E-state index is 12.4. The Balaban J connectivity index is 2.15. The second kappa shape index (κ2) is 6.03. The predicted octanol–water partition coefficient (Wildman–Crippen LogP) is 2.48. The molecular weight excluding hydrogens is 292 g/mol. The van der Waals surface area contributed by atoms with E-state index in [1.54, 1.807) is 31.2 Å². The molecule has 0 spiro atoms. The van der Waals surface area contributed by atoms with Gasteiger partial charge in [-0.25, -0.2) is 4.79 Å². The number of hydrogen-bond acceptors (Lipinski definition) is 3. The maximum atomic E-state index is 12.4. The van der Waals surface area contributed by atoms with Crippen molar-refractivity contribution in [3.05, 3.63) is 34.9 Å². The van der Waals surface area contributed by atoms with Gasteiger partial charge < -0.3 is 10.4 Å². The number of carbonyl (C=O) groups is 2. The quantitative estimate of drug-likeness (QED) is 0.821. The predicted molar refractivity (Wildman–Crippen MR) is 80.0 cm³/mol. The summed E-state index contributed by atoms with van der Waals surface area (Å²) in [6.07, 6.45) is 0.344. The van der Waals surface area contributed by atoms with Gasteiger partial charge in [0.05, 0.1) is 12.6 Å². The SMILES string of the molecule is CCC[C@@]1(C)NC(=O)N(C[C@H](O)c2ccccc2Cl)C1=O. The van der Waals surface area contributed by atoms with Crippen molar-refractivity contribution in [1.82, 2.24) is 10.2 Å². The van der Waals surface area contributed by atoms with Crippen molar-refractivity contribution in [3.63, 3.8) is 0 Å². The molecule has 1 aromatic carbocycles. The highest BCUT2D eigenvalue weighted by Crippen LogP contribution is 2.27. The van der Waals surface area contributed by atoms with Crippen molar-refractivity contribution in [2.75, 3.05) is 6.54 Å². The van der Waals surface area contributed by atoms with E-state index in [1.165, 1.54) is 0 Å². The van der Waals surface area contributed by atoms with Crippen LogP contribution in [0.3, 0.4) is 0 Å².